The van der Waals surface area contributed by atoms with Gasteiger partial charge in [-0.2, -0.15) is 11.8 Å². The van der Waals surface area contributed by atoms with Gasteiger partial charge < -0.3 is 10.2 Å². The maximum atomic E-state index is 12.1. The van der Waals surface area contributed by atoms with E-state index in [2.05, 4.69) is 17.2 Å². The van der Waals surface area contributed by atoms with E-state index in [0.717, 1.165) is 31.0 Å². The van der Waals surface area contributed by atoms with Crippen LogP contribution < -0.4 is 5.32 Å². The minimum atomic E-state index is 0.175. The number of anilines is 1. The summed E-state index contributed by atoms with van der Waals surface area (Å²) >= 11 is 1.95. The van der Waals surface area contributed by atoms with Crippen molar-refractivity contribution in [2.75, 3.05) is 30.7 Å². The fourth-order valence-electron chi connectivity index (χ4n) is 1.90. The Hall–Kier alpha value is -1.23. The maximum absolute atomic E-state index is 12.1. The maximum Gasteiger partial charge on any atom is 0.241 e. The quantitative estimate of drug-likeness (QED) is 0.906. The van der Waals surface area contributed by atoms with Gasteiger partial charge in [-0.05, 0) is 18.6 Å². The molecule has 1 atom stereocenters. The van der Waals surface area contributed by atoms with Crippen LogP contribution in [0.4, 0.5) is 5.69 Å². The van der Waals surface area contributed by atoms with Crippen LogP contribution in [-0.2, 0) is 4.79 Å². The van der Waals surface area contributed by atoms with Gasteiger partial charge in [0, 0.05) is 36.5 Å². The van der Waals surface area contributed by atoms with Gasteiger partial charge in [0.25, 0.3) is 0 Å². The zero-order valence-corrected chi connectivity index (χ0v) is 11.4. The first-order chi connectivity index (χ1) is 8.75. The van der Waals surface area contributed by atoms with Crippen LogP contribution in [0.5, 0.6) is 0 Å². The summed E-state index contributed by atoms with van der Waals surface area (Å²) < 4.78 is 0. The largest absolute Gasteiger partial charge is 0.375 e. The van der Waals surface area contributed by atoms with E-state index in [0.29, 0.717) is 11.8 Å². The third-order valence-corrected chi connectivity index (χ3v) is 4.25. The number of hydrogen-bond donors (Lipinski definition) is 1. The van der Waals surface area contributed by atoms with Gasteiger partial charge in [-0.1, -0.05) is 6.92 Å². The smallest absolute Gasteiger partial charge is 0.241 e. The fourth-order valence-corrected chi connectivity index (χ4v) is 2.90. The first-order valence-electron chi connectivity index (χ1n) is 6.29. The number of aromatic nitrogens is 1. The van der Waals surface area contributed by atoms with E-state index in [9.17, 15) is 4.79 Å². The molecule has 0 spiro atoms. The van der Waals surface area contributed by atoms with Crippen LogP contribution in [0.15, 0.2) is 24.5 Å². The Morgan fingerprint density at radius 3 is 3.28 bits per heavy atom. The summed E-state index contributed by atoms with van der Waals surface area (Å²) in [6.45, 7) is 4.32. The minimum Gasteiger partial charge on any atom is -0.375 e. The molecule has 0 bridgehead atoms. The Labute approximate surface area is 112 Å². The zero-order chi connectivity index (χ0) is 12.8. The van der Waals surface area contributed by atoms with Crippen molar-refractivity contribution in [2.45, 2.75) is 18.6 Å². The number of amides is 1. The number of thioether (sulfide) groups is 1. The molecule has 18 heavy (non-hydrogen) atoms. The molecule has 98 valence electrons. The lowest BCUT2D eigenvalue weighted by Gasteiger charge is -2.20. The molecule has 1 fully saturated rings. The van der Waals surface area contributed by atoms with Crippen molar-refractivity contribution in [2.24, 2.45) is 0 Å². The van der Waals surface area contributed by atoms with Gasteiger partial charge in [-0.25, -0.2) is 0 Å². The Morgan fingerprint density at radius 2 is 2.50 bits per heavy atom. The topological polar surface area (TPSA) is 45.2 Å². The van der Waals surface area contributed by atoms with Gasteiger partial charge in [0.1, 0.15) is 0 Å². The summed E-state index contributed by atoms with van der Waals surface area (Å²) in [4.78, 5) is 18.0. The van der Waals surface area contributed by atoms with Gasteiger partial charge in [0.15, 0.2) is 0 Å². The molecule has 0 radical (unpaired) electrons. The summed E-state index contributed by atoms with van der Waals surface area (Å²) in [5, 5.41) is 3.77. The van der Waals surface area contributed by atoms with Crippen LogP contribution >= 0.6 is 11.8 Å². The van der Waals surface area contributed by atoms with Gasteiger partial charge in [-0.15, -0.1) is 0 Å². The number of pyridine rings is 1. The Morgan fingerprint density at radius 1 is 1.61 bits per heavy atom. The molecule has 1 unspecified atom stereocenters. The molecule has 2 rings (SSSR count). The van der Waals surface area contributed by atoms with Crippen LogP contribution in [0.1, 0.15) is 13.3 Å². The second-order valence-corrected chi connectivity index (χ2v) is 5.99. The predicted molar refractivity (Wildman–Crippen MR) is 75.8 cm³/mol. The number of rotatable bonds is 3. The third kappa shape index (κ3) is 3.91. The van der Waals surface area contributed by atoms with E-state index in [1.54, 1.807) is 12.4 Å². The first kappa shape index (κ1) is 13.2. The summed E-state index contributed by atoms with van der Waals surface area (Å²) in [7, 11) is 0. The molecular weight excluding hydrogens is 246 g/mol. The van der Waals surface area contributed by atoms with Crippen LogP contribution in [0.3, 0.4) is 0 Å². The average molecular weight is 265 g/mol. The van der Waals surface area contributed by atoms with Crippen LogP contribution in [0.25, 0.3) is 0 Å². The van der Waals surface area contributed by atoms with Crippen molar-refractivity contribution in [1.29, 1.82) is 0 Å². The van der Waals surface area contributed by atoms with Crippen molar-refractivity contribution >= 4 is 23.4 Å². The average Bonchev–Trinajstić information content (AvgIpc) is 2.62. The highest BCUT2D eigenvalue weighted by molar-refractivity contribution is 7.99. The molecule has 1 aliphatic heterocycles. The number of nitrogens with zero attached hydrogens (tertiary/aromatic N) is 2. The normalized spacial score (nSPS) is 20.3. The molecule has 1 N–H and O–H groups in total. The van der Waals surface area contributed by atoms with Crippen molar-refractivity contribution in [3.05, 3.63) is 24.5 Å². The van der Waals surface area contributed by atoms with E-state index in [4.69, 9.17) is 0 Å². The van der Waals surface area contributed by atoms with E-state index in [1.807, 2.05) is 28.8 Å². The Kier molecular flexibility index (Phi) is 4.87. The Balaban J connectivity index is 1.80. The van der Waals surface area contributed by atoms with Gasteiger partial charge in [0.05, 0.1) is 12.2 Å². The molecule has 1 amide bonds. The lowest BCUT2D eigenvalue weighted by atomic mass is 10.3. The number of nitrogens with one attached hydrogen (secondary N) is 1. The zero-order valence-electron chi connectivity index (χ0n) is 10.6. The highest BCUT2D eigenvalue weighted by Crippen LogP contribution is 2.18. The van der Waals surface area contributed by atoms with Crippen molar-refractivity contribution in [3.63, 3.8) is 0 Å². The molecular formula is C13H19N3OS. The third-order valence-electron chi connectivity index (χ3n) is 3.03. The van der Waals surface area contributed by atoms with Gasteiger partial charge in [0.2, 0.25) is 5.91 Å². The summed E-state index contributed by atoms with van der Waals surface area (Å²) in [5.41, 5.74) is 0.892. The minimum absolute atomic E-state index is 0.175. The van der Waals surface area contributed by atoms with E-state index < -0.39 is 0 Å². The van der Waals surface area contributed by atoms with Crippen molar-refractivity contribution in [3.8, 4) is 0 Å². The molecule has 1 saturated heterocycles. The molecule has 2 heterocycles. The Bertz CT molecular complexity index is 385. The number of hydrogen-bond acceptors (Lipinski definition) is 4. The van der Waals surface area contributed by atoms with E-state index >= 15 is 0 Å². The lowest BCUT2D eigenvalue weighted by Crippen LogP contribution is -2.37. The molecule has 1 aliphatic rings. The highest BCUT2D eigenvalue weighted by Gasteiger charge is 2.18. The standard InChI is InChI=1S/C13H19N3OS/c1-11-4-6-16(7-8-18-11)13(17)10-15-12-3-2-5-14-9-12/h2-3,5,9,11,15H,4,6-8,10H2,1H3. The predicted octanol–water partition coefficient (Wildman–Crippen LogP) is 1.85. The molecule has 0 saturated carbocycles. The van der Waals surface area contributed by atoms with E-state index in [1.165, 1.54) is 0 Å². The monoisotopic (exact) mass is 265 g/mol. The SMILES string of the molecule is CC1CCN(C(=O)CNc2cccnc2)CCS1. The van der Waals surface area contributed by atoms with Gasteiger partial charge in [-0.3, -0.25) is 9.78 Å². The molecule has 4 nitrogen and oxygen atoms in total. The fraction of sp³-hybridized carbons (Fsp3) is 0.538. The second kappa shape index (κ2) is 6.64. The van der Waals surface area contributed by atoms with Crippen molar-refractivity contribution in [1.82, 2.24) is 9.88 Å². The van der Waals surface area contributed by atoms with E-state index in [-0.39, 0.29) is 5.91 Å². The van der Waals surface area contributed by atoms with Crippen molar-refractivity contribution < 1.29 is 4.79 Å². The summed E-state index contributed by atoms with van der Waals surface area (Å²) in [6.07, 6.45) is 4.54. The molecule has 5 heteroatoms. The molecule has 0 aliphatic carbocycles. The number of carbonyl (C=O) groups is 1. The summed E-state index contributed by atoms with van der Waals surface area (Å²) in [6, 6.07) is 3.78. The first-order valence-corrected chi connectivity index (χ1v) is 7.34. The molecule has 1 aromatic heterocycles. The molecule has 0 aromatic carbocycles. The number of carbonyl (C=O) groups excluding carboxylic acids is 1. The van der Waals surface area contributed by atoms with Gasteiger partial charge >= 0.3 is 0 Å². The lowest BCUT2D eigenvalue weighted by molar-refractivity contribution is -0.129. The highest BCUT2D eigenvalue weighted by atomic mass is 32.2. The molecule has 1 aromatic rings. The van der Waals surface area contributed by atoms with Crippen LogP contribution in [0, 0.1) is 0 Å². The second-order valence-electron chi connectivity index (χ2n) is 4.45. The van der Waals surface area contributed by atoms with Crippen LogP contribution in [-0.4, -0.2) is 46.4 Å². The summed E-state index contributed by atoms with van der Waals surface area (Å²) in [5.74, 6) is 1.22. The van der Waals surface area contributed by atoms with Crippen LogP contribution in [0.2, 0.25) is 0 Å².